The normalized spacial score (nSPS) is 12.4. The van der Waals surface area contributed by atoms with Gasteiger partial charge in [0.05, 0.1) is 0 Å². The third-order valence-electron chi connectivity index (χ3n) is 7.59. The molecular formula is C33H54. The second-order valence-electron chi connectivity index (χ2n) is 10.6. The van der Waals surface area contributed by atoms with Gasteiger partial charge < -0.3 is 0 Å². The molecule has 186 valence electrons. The van der Waals surface area contributed by atoms with Crippen molar-refractivity contribution in [2.24, 2.45) is 0 Å². The number of hydrogen-bond donors (Lipinski definition) is 0. The molecule has 0 heteroatoms. The van der Waals surface area contributed by atoms with E-state index in [1.165, 1.54) is 145 Å². The average molecular weight is 451 g/mol. The molecule has 2 rings (SSSR count). The zero-order valence-corrected chi connectivity index (χ0v) is 22.3. The van der Waals surface area contributed by atoms with Crippen molar-refractivity contribution < 1.29 is 0 Å². The Kier molecular flexibility index (Phi) is 16.1. The molecule has 2 aromatic carbocycles. The molecular weight excluding hydrogens is 396 g/mol. The lowest BCUT2D eigenvalue weighted by atomic mass is 9.90. The van der Waals surface area contributed by atoms with Crippen LogP contribution >= 0.6 is 0 Å². The molecule has 0 spiro atoms. The Morgan fingerprint density at radius 3 is 1.42 bits per heavy atom. The molecule has 1 atom stereocenters. The van der Waals surface area contributed by atoms with Gasteiger partial charge in [-0.25, -0.2) is 0 Å². The fourth-order valence-electron chi connectivity index (χ4n) is 5.36. The van der Waals surface area contributed by atoms with Gasteiger partial charge in [0.2, 0.25) is 0 Å². The zero-order valence-electron chi connectivity index (χ0n) is 22.3. The minimum atomic E-state index is 0.668. The maximum atomic E-state index is 2.41. The number of fused-ring (bicyclic) bond motifs is 1. The Morgan fingerprint density at radius 2 is 0.909 bits per heavy atom. The van der Waals surface area contributed by atoms with E-state index in [4.69, 9.17) is 0 Å². The summed E-state index contributed by atoms with van der Waals surface area (Å²) in [5.41, 5.74) is 1.54. The minimum absolute atomic E-state index is 0.668. The maximum absolute atomic E-state index is 2.41. The van der Waals surface area contributed by atoms with Crippen LogP contribution in [0.5, 0.6) is 0 Å². The van der Waals surface area contributed by atoms with Gasteiger partial charge in [-0.1, -0.05) is 178 Å². The van der Waals surface area contributed by atoms with Gasteiger partial charge in [-0.2, -0.15) is 0 Å². The van der Waals surface area contributed by atoms with Crippen molar-refractivity contribution in [3.8, 4) is 0 Å². The maximum Gasteiger partial charge on any atom is -0.0149 e. The highest BCUT2D eigenvalue weighted by Crippen LogP contribution is 2.29. The summed E-state index contributed by atoms with van der Waals surface area (Å²) in [7, 11) is 0. The van der Waals surface area contributed by atoms with Gasteiger partial charge in [-0.05, 0) is 28.7 Å². The van der Waals surface area contributed by atoms with E-state index in [1.54, 1.807) is 0 Å². The van der Waals surface area contributed by atoms with Gasteiger partial charge in [0, 0.05) is 0 Å². The molecule has 33 heavy (non-hydrogen) atoms. The van der Waals surface area contributed by atoms with E-state index in [9.17, 15) is 0 Å². The molecule has 0 heterocycles. The van der Waals surface area contributed by atoms with Gasteiger partial charge in [-0.15, -0.1) is 0 Å². The van der Waals surface area contributed by atoms with Gasteiger partial charge in [0.1, 0.15) is 0 Å². The number of benzene rings is 2. The summed E-state index contributed by atoms with van der Waals surface area (Å²) in [5, 5.41) is 2.83. The van der Waals surface area contributed by atoms with Crippen LogP contribution in [0, 0.1) is 0 Å². The van der Waals surface area contributed by atoms with Crippen LogP contribution in [0.2, 0.25) is 0 Å². The van der Waals surface area contributed by atoms with E-state index in [0.717, 1.165) is 0 Å². The summed E-state index contributed by atoms with van der Waals surface area (Å²) < 4.78 is 0. The highest BCUT2D eigenvalue weighted by molar-refractivity contribution is 5.86. The molecule has 0 aliphatic carbocycles. The molecule has 2 aromatic rings. The lowest BCUT2D eigenvalue weighted by Gasteiger charge is -2.14. The van der Waals surface area contributed by atoms with Gasteiger partial charge in [0.15, 0.2) is 0 Å². The van der Waals surface area contributed by atoms with Crippen LogP contribution in [0.25, 0.3) is 10.8 Å². The van der Waals surface area contributed by atoms with E-state index in [2.05, 4.69) is 56.3 Å². The van der Waals surface area contributed by atoms with Crippen molar-refractivity contribution in [2.45, 2.75) is 148 Å². The first-order chi connectivity index (χ1) is 16.3. The third-order valence-corrected chi connectivity index (χ3v) is 7.59. The molecule has 0 N–H and O–H groups in total. The first-order valence-corrected chi connectivity index (χ1v) is 14.8. The molecule has 0 amide bonds. The fraction of sp³-hybridized carbons (Fsp3) is 0.697. The fourth-order valence-corrected chi connectivity index (χ4v) is 5.36. The van der Waals surface area contributed by atoms with Gasteiger partial charge in [0.25, 0.3) is 0 Å². The van der Waals surface area contributed by atoms with Crippen LogP contribution in [0.4, 0.5) is 0 Å². The lowest BCUT2D eigenvalue weighted by Crippen LogP contribution is -1.95. The average Bonchev–Trinajstić information content (AvgIpc) is 2.85. The van der Waals surface area contributed by atoms with Crippen LogP contribution in [0.15, 0.2) is 42.5 Å². The monoisotopic (exact) mass is 450 g/mol. The standard InChI is InChI=1S/C33H54/c1-3-4-5-6-7-8-9-10-11-12-13-14-15-16-17-18-19-20-21-25-30(2)32-29-24-27-31-26-22-23-28-33(31)32/h22-24,26-30H,3-21,25H2,1-2H3. The Hall–Kier alpha value is -1.30. The molecule has 0 bridgehead atoms. The van der Waals surface area contributed by atoms with Crippen molar-refractivity contribution in [1.29, 1.82) is 0 Å². The van der Waals surface area contributed by atoms with E-state index >= 15 is 0 Å². The minimum Gasteiger partial charge on any atom is -0.0654 e. The van der Waals surface area contributed by atoms with Crippen molar-refractivity contribution >= 4 is 10.8 Å². The highest BCUT2D eigenvalue weighted by Gasteiger charge is 2.08. The van der Waals surface area contributed by atoms with Crippen LogP contribution in [-0.2, 0) is 0 Å². The van der Waals surface area contributed by atoms with E-state index in [-0.39, 0.29) is 0 Å². The van der Waals surface area contributed by atoms with Crippen LogP contribution in [0.3, 0.4) is 0 Å². The van der Waals surface area contributed by atoms with E-state index in [1.807, 2.05) is 0 Å². The summed E-state index contributed by atoms with van der Waals surface area (Å²) >= 11 is 0. The Balaban J connectivity index is 1.34. The van der Waals surface area contributed by atoms with E-state index < -0.39 is 0 Å². The Bertz CT molecular complexity index is 695. The molecule has 0 saturated carbocycles. The Morgan fingerprint density at radius 1 is 0.485 bits per heavy atom. The second kappa shape index (κ2) is 19.1. The predicted octanol–water partition coefficient (Wildman–Crippen LogP) is 11.8. The van der Waals surface area contributed by atoms with Crippen LogP contribution in [-0.4, -0.2) is 0 Å². The highest BCUT2D eigenvalue weighted by atomic mass is 14.1. The molecule has 0 nitrogen and oxygen atoms in total. The summed E-state index contributed by atoms with van der Waals surface area (Å²) in [4.78, 5) is 0. The van der Waals surface area contributed by atoms with Crippen molar-refractivity contribution in [3.05, 3.63) is 48.0 Å². The number of rotatable bonds is 21. The summed E-state index contributed by atoms with van der Waals surface area (Å²) in [6.45, 7) is 4.72. The molecule has 0 saturated heterocycles. The smallest absolute Gasteiger partial charge is 0.0149 e. The lowest BCUT2D eigenvalue weighted by molar-refractivity contribution is 0.517. The third kappa shape index (κ3) is 12.7. The summed E-state index contributed by atoms with van der Waals surface area (Å²) in [5.74, 6) is 0.668. The topological polar surface area (TPSA) is 0 Å². The first kappa shape index (κ1) is 27.9. The van der Waals surface area contributed by atoms with Crippen LogP contribution in [0.1, 0.15) is 154 Å². The summed E-state index contributed by atoms with van der Waals surface area (Å²) in [6.07, 6.45) is 28.9. The molecule has 0 aromatic heterocycles. The summed E-state index contributed by atoms with van der Waals surface area (Å²) in [6, 6.07) is 15.7. The van der Waals surface area contributed by atoms with Gasteiger partial charge >= 0.3 is 0 Å². The first-order valence-electron chi connectivity index (χ1n) is 14.8. The molecule has 1 unspecified atom stereocenters. The number of unbranched alkanes of at least 4 members (excludes halogenated alkanes) is 18. The largest absolute Gasteiger partial charge is 0.0654 e. The zero-order chi connectivity index (χ0) is 23.4. The predicted molar refractivity (Wildman–Crippen MR) is 150 cm³/mol. The van der Waals surface area contributed by atoms with Crippen LogP contribution < -0.4 is 0 Å². The Labute approximate surface area is 207 Å². The second-order valence-corrected chi connectivity index (χ2v) is 10.6. The van der Waals surface area contributed by atoms with Gasteiger partial charge in [-0.3, -0.25) is 0 Å². The molecule has 0 fully saturated rings. The SMILES string of the molecule is CCCCCCCCCCCCCCCCCCCCCC(C)c1cccc2ccccc12. The molecule has 0 aliphatic rings. The van der Waals surface area contributed by atoms with Crippen molar-refractivity contribution in [1.82, 2.24) is 0 Å². The molecule has 0 radical (unpaired) electrons. The molecule has 0 aliphatic heterocycles. The van der Waals surface area contributed by atoms with Crippen molar-refractivity contribution in [3.63, 3.8) is 0 Å². The van der Waals surface area contributed by atoms with E-state index in [0.29, 0.717) is 5.92 Å². The quantitative estimate of drug-likeness (QED) is 0.166. The number of hydrogen-bond acceptors (Lipinski definition) is 0. The van der Waals surface area contributed by atoms with Crippen molar-refractivity contribution in [2.75, 3.05) is 0 Å².